The summed E-state index contributed by atoms with van der Waals surface area (Å²) >= 11 is 0. The lowest BCUT2D eigenvalue weighted by atomic mass is 9.76. The number of methoxy groups -OCH3 is 1. The molecule has 0 radical (unpaired) electrons. The Morgan fingerprint density at radius 2 is 1.83 bits per heavy atom. The van der Waals surface area contributed by atoms with Gasteiger partial charge in [0.15, 0.2) is 0 Å². The number of pyridine rings is 1. The van der Waals surface area contributed by atoms with Crippen molar-refractivity contribution >= 4 is 18.9 Å². The van der Waals surface area contributed by atoms with Crippen LogP contribution in [0.1, 0.15) is 28.9 Å². The molecule has 0 fully saturated rings. The molecule has 0 saturated heterocycles. The van der Waals surface area contributed by atoms with Crippen molar-refractivity contribution in [2.24, 2.45) is 0 Å². The highest BCUT2D eigenvalue weighted by Gasteiger charge is 2.29. The highest BCUT2D eigenvalue weighted by atomic mass is 16.5. The van der Waals surface area contributed by atoms with E-state index < -0.39 is 30.9 Å². The summed E-state index contributed by atoms with van der Waals surface area (Å²) in [5, 5.41) is 24.4. The van der Waals surface area contributed by atoms with Crippen LogP contribution in [0.25, 0.3) is 0 Å². The van der Waals surface area contributed by atoms with E-state index >= 15 is 0 Å². The van der Waals surface area contributed by atoms with E-state index in [2.05, 4.69) is 15.6 Å². The molecule has 2 unspecified atom stereocenters. The molecule has 0 spiro atoms. The summed E-state index contributed by atoms with van der Waals surface area (Å²) in [6.07, 6.45) is 3.25. The molecular weight excluding hydrogens is 373 g/mol. The van der Waals surface area contributed by atoms with Gasteiger partial charge >= 0.3 is 7.12 Å². The van der Waals surface area contributed by atoms with E-state index in [-0.39, 0.29) is 12.3 Å². The normalized spacial score (nSPS) is 12.7. The van der Waals surface area contributed by atoms with Gasteiger partial charge in [0.25, 0.3) is 5.91 Å². The van der Waals surface area contributed by atoms with Gasteiger partial charge in [0.1, 0.15) is 11.7 Å². The van der Waals surface area contributed by atoms with Gasteiger partial charge in [-0.1, -0.05) is 36.4 Å². The van der Waals surface area contributed by atoms with Crippen LogP contribution in [0, 0.1) is 0 Å². The Balaban J connectivity index is 1.92. The van der Waals surface area contributed by atoms with E-state index in [1.807, 2.05) is 30.3 Å². The molecule has 2 amide bonds. The van der Waals surface area contributed by atoms with Crippen molar-refractivity contribution in [3.63, 3.8) is 0 Å². The SMILES string of the molecule is COCC(NC(=O)c1ccccn1)C(=O)NC(CCCc1ccccc1)B(O)O. The van der Waals surface area contributed by atoms with E-state index in [0.29, 0.717) is 12.8 Å². The van der Waals surface area contributed by atoms with Gasteiger partial charge in [-0.05, 0) is 37.0 Å². The van der Waals surface area contributed by atoms with E-state index in [1.165, 1.54) is 19.4 Å². The molecule has 2 atom stereocenters. The number of benzene rings is 1. The second kappa shape index (κ2) is 12.0. The minimum absolute atomic E-state index is 0.0668. The molecule has 0 saturated carbocycles. The molecule has 29 heavy (non-hydrogen) atoms. The van der Waals surface area contributed by atoms with Crippen LogP contribution in [0.5, 0.6) is 0 Å². The lowest BCUT2D eigenvalue weighted by Crippen LogP contribution is -2.55. The quantitative estimate of drug-likeness (QED) is 0.405. The van der Waals surface area contributed by atoms with E-state index in [9.17, 15) is 19.6 Å². The summed E-state index contributed by atoms with van der Waals surface area (Å²) in [6, 6.07) is 13.7. The van der Waals surface area contributed by atoms with E-state index in [0.717, 1.165) is 12.0 Å². The second-order valence-electron chi connectivity index (χ2n) is 6.60. The number of rotatable bonds is 11. The van der Waals surface area contributed by atoms with Gasteiger partial charge < -0.3 is 25.4 Å². The van der Waals surface area contributed by atoms with Gasteiger partial charge in [-0.25, -0.2) is 0 Å². The van der Waals surface area contributed by atoms with Crippen molar-refractivity contribution in [3.8, 4) is 0 Å². The Kier molecular flexibility index (Phi) is 9.29. The Morgan fingerprint density at radius 3 is 2.45 bits per heavy atom. The zero-order valence-corrected chi connectivity index (χ0v) is 16.3. The number of hydrogen-bond acceptors (Lipinski definition) is 6. The van der Waals surface area contributed by atoms with Crippen molar-refractivity contribution in [2.45, 2.75) is 31.2 Å². The number of amides is 2. The van der Waals surface area contributed by atoms with Crippen molar-refractivity contribution in [1.82, 2.24) is 15.6 Å². The van der Waals surface area contributed by atoms with Crippen LogP contribution in [-0.4, -0.2) is 59.7 Å². The molecule has 2 aromatic rings. The smallest absolute Gasteiger partial charge is 0.426 e. The minimum atomic E-state index is -1.72. The Bertz CT molecular complexity index is 761. The molecular formula is C20H26BN3O5. The fourth-order valence-electron chi connectivity index (χ4n) is 2.83. The van der Waals surface area contributed by atoms with Crippen LogP contribution < -0.4 is 10.6 Å². The minimum Gasteiger partial charge on any atom is -0.426 e. The lowest BCUT2D eigenvalue weighted by Gasteiger charge is -2.22. The summed E-state index contributed by atoms with van der Waals surface area (Å²) in [6.45, 7) is -0.0668. The van der Waals surface area contributed by atoms with Crippen molar-refractivity contribution in [3.05, 3.63) is 66.0 Å². The summed E-state index contributed by atoms with van der Waals surface area (Å²) in [5.74, 6) is -1.95. The molecule has 0 aliphatic rings. The molecule has 1 aromatic carbocycles. The Hall–Kier alpha value is -2.75. The number of aryl methyl sites for hydroxylation is 1. The molecule has 9 heteroatoms. The van der Waals surface area contributed by atoms with Gasteiger partial charge in [-0.15, -0.1) is 0 Å². The monoisotopic (exact) mass is 399 g/mol. The lowest BCUT2D eigenvalue weighted by molar-refractivity contribution is -0.124. The number of aromatic nitrogens is 1. The summed E-state index contributed by atoms with van der Waals surface area (Å²) in [7, 11) is -0.310. The van der Waals surface area contributed by atoms with Crippen LogP contribution >= 0.6 is 0 Å². The average molecular weight is 399 g/mol. The van der Waals surface area contributed by atoms with Gasteiger partial charge in [0.05, 0.1) is 12.5 Å². The summed E-state index contributed by atoms with van der Waals surface area (Å²) < 4.78 is 5.02. The van der Waals surface area contributed by atoms with Gasteiger partial charge in [0, 0.05) is 13.3 Å². The van der Waals surface area contributed by atoms with Crippen molar-refractivity contribution in [1.29, 1.82) is 0 Å². The third-order valence-corrected chi connectivity index (χ3v) is 4.36. The number of ether oxygens (including phenoxy) is 1. The fraction of sp³-hybridized carbons (Fsp3) is 0.350. The first-order valence-corrected chi connectivity index (χ1v) is 9.42. The van der Waals surface area contributed by atoms with Crippen LogP contribution in [0.3, 0.4) is 0 Å². The first-order valence-electron chi connectivity index (χ1n) is 9.42. The average Bonchev–Trinajstić information content (AvgIpc) is 2.73. The second-order valence-corrected chi connectivity index (χ2v) is 6.60. The molecule has 1 heterocycles. The maximum Gasteiger partial charge on any atom is 0.475 e. The highest BCUT2D eigenvalue weighted by molar-refractivity contribution is 6.43. The van der Waals surface area contributed by atoms with E-state index in [4.69, 9.17) is 4.74 Å². The third-order valence-electron chi connectivity index (χ3n) is 4.36. The van der Waals surface area contributed by atoms with Gasteiger partial charge in [-0.3, -0.25) is 14.6 Å². The summed E-state index contributed by atoms with van der Waals surface area (Å²) in [5.41, 5.74) is 1.30. The largest absolute Gasteiger partial charge is 0.475 e. The van der Waals surface area contributed by atoms with Crippen LogP contribution in [0.2, 0.25) is 0 Å². The highest BCUT2D eigenvalue weighted by Crippen LogP contribution is 2.08. The standard InChI is InChI=1S/C20H26BN3O5/c1-29-14-17(23-19(25)16-11-5-6-13-22-16)20(26)24-18(21(27)28)12-7-10-15-8-3-2-4-9-15/h2-6,8-9,11,13,17-18,27-28H,7,10,12,14H2,1H3,(H,23,25)(H,24,26). The number of carbonyl (C=O) groups excluding carboxylic acids is 2. The predicted octanol–water partition coefficient (Wildman–Crippen LogP) is 0.346. The van der Waals surface area contributed by atoms with Crippen molar-refractivity contribution in [2.75, 3.05) is 13.7 Å². The van der Waals surface area contributed by atoms with Crippen LogP contribution in [0.15, 0.2) is 54.7 Å². The van der Waals surface area contributed by atoms with Gasteiger partial charge in [-0.2, -0.15) is 0 Å². The fourth-order valence-corrected chi connectivity index (χ4v) is 2.83. The number of hydrogen-bond donors (Lipinski definition) is 4. The maximum absolute atomic E-state index is 12.6. The third kappa shape index (κ3) is 7.65. The molecule has 154 valence electrons. The van der Waals surface area contributed by atoms with Gasteiger partial charge in [0.2, 0.25) is 5.91 Å². The molecule has 8 nitrogen and oxygen atoms in total. The molecule has 0 bridgehead atoms. The Labute approximate surface area is 170 Å². The maximum atomic E-state index is 12.6. The topological polar surface area (TPSA) is 121 Å². The first kappa shape index (κ1) is 22.5. The Morgan fingerprint density at radius 1 is 1.10 bits per heavy atom. The molecule has 0 aliphatic heterocycles. The molecule has 4 N–H and O–H groups in total. The molecule has 1 aromatic heterocycles. The number of carbonyl (C=O) groups is 2. The summed E-state index contributed by atoms with van der Waals surface area (Å²) in [4.78, 5) is 28.8. The van der Waals surface area contributed by atoms with E-state index in [1.54, 1.807) is 12.1 Å². The number of nitrogens with one attached hydrogen (secondary N) is 2. The number of nitrogens with zero attached hydrogens (tertiary/aromatic N) is 1. The zero-order valence-electron chi connectivity index (χ0n) is 16.3. The predicted molar refractivity (Wildman–Crippen MR) is 109 cm³/mol. The molecule has 2 rings (SSSR count). The van der Waals surface area contributed by atoms with Crippen molar-refractivity contribution < 1.29 is 24.4 Å². The zero-order chi connectivity index (χ0) is 21.1. The molecule has 0 aliphatic carbocycles. The van der Waals surface area contributed by atoms with Crippen LogP contribution in [-0.2, 0) is 16.0 Å². The van der Waals surface area contributed by atoms with Crippen LogP contribution in [0.4, 0.5) is 0 Å². The first-order chi connectivity index (χ1) is 14.0.